The lowest BCUT2D eigenvalue weighted by Gasteiger charge is -2.43. The van der Waals surface area contributed by atoms with Gasteiger partial charge in [0.1, 0.15) is 12.1 Å². The van der Waals surface area contributed by atoms with Crippen molar-refractivity contribution in [3.63, 3.8) is 0 Å². The topological polar surface area (TPSA) is 49.4 Å². The van der Waals surface area contributed by atoms with E-state index in [2.05, 4.69) is 12.2 Å². The van der Waals surface area contributed by atoms with E-state index in [0.717, 1.165) is 19.3 Å². The van der Waals surface area contributed by atoms with Gasteiger partial charge in [0.2, 0.25) is 11.8 Å². The summed E-state index contributed by atoms with van der Waals surface area (Å²) in [5, 5.41) is 2.94. The van der Waals surface area contributed by atoms with Gasteiger partial charge in [-0.15, -0.1) is 0 Å². The largest absolute Gasteiger partial charge is 0.342 e. The average Bonchev–Trinajstić information content (AvgIpc) is 2.93. The zero-order valence-electron chi connectivity index (χ0n) is 12.3. The van der Waals surface area contributed by atoms with E-state index in [1.807, 2.05) is 18.7 Å². The van der Waals surface area contributed by atoms with Gasteiger partial charge in [-0.05, 0) is 25.2 Å². The van der Waals surface area contributed by atoms with Crippen molar-refractivity contribution in [2.45, 2.75) is 77.4 Å². The van der Waals surface area contributed by atoms with E-state index in [1.54, 1.807) is 0 Å². The van der Waals surface area contributed by atoms with E-state index in [-0.39, 0.29) is 35.9 Å². The summed E-state index contributed by atoms with van der Waals surface area (Å²) >= 11 is 0. The minimum absolute atomic E-state index is 0.0410. The van der Waals surface area contributed by atoms with Gasteiger partial charge in [-0.3, -0.25) is 9.59 Å². The Labute approximate surface area is 115 Å². The molecule has 1 saturated heterocycles. The SMILES string of the molecule is CCC(C)C1NC(=O)C(CC)N(C2CCCC2)C1=O. The van der Waals surface area contributed by atoms with E-state index in [1.165, 1.54) is 12.8 Å². The summed E-state index contributed by atoms with van der Waals surface area (Å²) in [6.07, 6.45) is 6.10. The molecule has 2 amide bonds. The Morgan fingerprint density at radius 1 is 1.26 bits per heavy atom. The normalized spacial score (nSPS) is 30.6. The van der Waals surface area contributed by atoms with Crippen LogP contribution in [0.4, 0.5) is 0 Å². The molecule has 1 saturated carbocycles. The van der Waals surface area contributed by atoms with Crippen molar-refractivity contribution >= 4 is 11.8 Å². The van der Waals surface area contributed by atoms with E-state index < -0.39 is 0 Å². The summed E-state index contributed by atoms with van der Waals surface area (Å²) in [5.74, 6) is 0.394. The standard InChI is InChI=1S/C15H26N2O2/c1-4-10(3)13-15(19)17(11-8-6-7-9-11)12(5-2)14(18)16-13/h10-13H,4-9H2,1-3H3,(H,16,18). The fraction of sp³-hybridized carbons (Fsp3) is 0.867. The lowest BCUT2D eigenvalue weighted by atomic mass is 9.92. The van der Waals surface area contributed by atoms with Gasteiger partial charge in [-0.25, -0.2) is 0 Å². The average molecular weight is 266 g/mol. The zero-order valence-corrected chi connectivity index (χ0v) is 12.3. The quantitative estimate of drug-likeness (QED) is 0.847. The molecule has 1 heterocycles. The van der Waals surface area contributed by atoms with Gasteiger partial charge in [0, 0.05) is 6.04 Å². The molecule has 4 nitrogen and oxygen atoms in total. The minimum atomic E-state index is -0.319. The Morgan fingerprint density at radius 3 is 2.42 bits per heavy atom. The Balaban J connectivity index is 2.23. The van der Waals surface area contributed by atoms with Crippen molar-refractivity contribution in [3.8, 4) is 0 Å². The molecule has 0 aromatic carbocycles. The van der Waals surface area contributed by atoms with Crippen LogP contribution in [0.15, 0.2) is 0 Å². The maximum Gasteiger partial charge on any atom is 0.246 e. The van der Waals surface area contributed by atoms with Crippen LogP contribution in [0.25, 0.3) is 0 Å². The molecule has 0 radical (unpaired) electrons. The van der Waals surface area contributed by atoms with Gasteiger partial charge in [0.15, 0.2) is 0 Å². The molecule has 1 N–H and O–H groups in total. The number of rotatable bonds is 4. The van der Waals surface area contributed by atoms with Crippen LogP contribution in [-0.2, 0) is 9.59 Å². The summed E-state index contributed by atoms with van der Waals surface area (Å²) in [4.78, 5) is 26.9. The zero-order chi connectivity index (χ0) is 14.0. The van der Waals surface area contributed by atoms with Gasteiger partial charge < -0.3 is 10.2 Å². The number of amides is 2. The number of carbonyl (C=O) groups is 2. The Bertz CT molecular complexity index is 350. The Morgan fingerprint density at radius 2 is 1.89 bits per heavy atom. The first-order valence-electron chi connectivity index (χ1n) is 7.72. The van der Waals surface area contributed by atoms with E-state index in [0.29, 0.717) is 6.42 Å². The molecular weight excluding hydrogens is 240 g/mol. The number of nitrogens with one attached hydrogen (secondary N) is 1. The highest BCUT2D eigenvalue weighted by atomic mass is 16.2. The van der Waals surface area contributed by atoms with Crippen molar-refractivity contribution in [2.24, 2.45) is 5.92 Å². The smallest absolute Gasteiger partial charge is 0.246 e. The molecule has 2 fully saturated rings. The van der Waals surface area contributed by atoms with Crippen molar-refractivity contribution in [1.82, 2.24) is 10.2 Å². The highest BCUT2D eigenvalue weighted by molar-refractivity contribution is 5.97. The number of hydrogen-bond acceptors (Lipinski definition) is 2. The molecule has 4 heteroatoms. The third-order valence-corrected chi connectivity index (χ3v) is 4.77. The summed E-state index contributed by atoms with van der Waals surface area (Å²) < 4.78 is 0. The first kappa shape index (κ1) is 14.4. The van der Waals surface area contributed by atoms with Crippen LogP contribution < -0.4 is 5.32 Å². The molecule has 19 heavy (non-hydrogen) atoms. The predicted molar refractivity (Wildman–Crippen MR) is 74.6 cm³/mol. The van der Waals surface area contributed by atoms with E-state index in [4.69, 9.17) is 0 Å². The fourth-order valence-corrected chi connectivity index (χ4v) is 3.37. The summed E-state index contributed by atoms with van der Waals surface area (Å²) in [6.45, 7) is 6.10. The molecule has 1 aliphatic heterocycles. The second-order valence-electron chi connectivity index (χ2n) is 5.98. The summed E-state index contributed by atoms with van der Waals surface area (Å²) in [6, 6.07) is -0.285. The maximum atomic E-state index is 12.7. The molecule has 1 aliphatic carbocycles. The molecule has 3 unspecified atom stereocenters. The second-order valence-corrected chi connectivity index (χ2v) is 5.98. The van der Waals surface area contributed by atoms with Crippen molar-refractivity contribution in [2.75, 3.05) is 0 Å². The molecule has 108 valence electrons. The van der Waals surface area contributed by atoms with Crippen molar-refractivity contribution in [1.29, 1.82) is 0 Å². The van der Waals surface area contributed by atoms with Crippen LogP contribution in [0.1, 0.15) is 59.3 Å². The van der Waals surface area contributed by atoms with E-state index in [9.17, 15) is 9.59 Å². The van der Waals surface area contributed by atoms with Gasteiger partial charge in [-0.1, -0.05) is 40.0 Å². The molecule has 0 aromatic heterocycles. The van der Waals surface area contributed by atoms with Gasteiger partial charge >= 0.3 is 0 Å². The first-order valence-corrected chi connectivity index (χ1v) is 7.72. The molecular formula is C15H26N2O2. The first-order chi connectivity index (χ1) is 9.10. The Kier molecular flexibility index (Phi) is 4.48. The van der Waals surface area contributed by atoms with Crippen molar-refractivity contribution < 1.29 is 9.59 Å². The second kappa shape index (κ2) is 5.93. The van der Waals surface area contributed by atoms with Crippen LogP contribution in [0, 0.1) is 5.92 Å². The summed E-state index contributed by atoms with van der Waals surface area (Å²) in [7, 11) is 0. The molecule has 2 rings (SSSR count). The van der Waals surface area contributed by atoms with Gasteiger partial charge in [-0.2, -0.15) is 0 Å². The van der Waals surface area contributed by atoms with Crippen LogP contribution >= 0.6 is 0 Å². The number of hydrogen-bond donors (Lipinski definition) is 1. The third-order valence-electron chi connectivity index (χ3n) is 4.77. The molecule has 2 aliphatic rings. The molecule has 0 bridgehead atoms. The number of carbonyl (C=O) groups excluding carboxylic acids is 2. The maximum absolute atomic E-state index is 12.7. The van der Waals surface area contributed by atoms with Crippen LogP contribution in [0.3, 0.4) is 0 Å². The van der Waals surface area contributed by atoms with E-state index >= 15 is 0 Å². The molecule has 3 atom stereocenters. The minimum Gasteiger partial charge on any atom is -0.342 e. The lowest BCUT2D eigenvalue weighted by molar-refractivity contribution is -0.153. The monoisotopic (exact) mass is 266 g/mol. The Hall–Kier alpha value is -1.06. The lowest BCUT2D eigenvalue weighted by Crippen LogP contribution is -2.66. The number of piperazine rings is 1. The van der Waals surface area contributed by atoms with Crippen LogP contribution in [-0.4, -0.2) is 34.8 Å². The van der Waals surface area contributed by atoms with Crippen LogP contribution in [0.2, 0.25) is 0 Å². The highest BCUT2D eigenvalue weighted by Crippen LogP contribution is 2.29. The molecule has 0 spiro atoms. The third kappa shape index (κ3) is 2.63. The fourth-order valence-electron chi connectivity index (χ4n) is 3.37. The molecule has 0 aromatic rings. The van der Waals surface area contributed by atoms with Crippen molar-refractivity contribution in [3.05, 3.63) is 0 Å². The highest BCUT2D eigenvalue weighted by Gasteiger charge is 2.44. The summed E-state index contributed by atoms with van der Waals surface area (Å²) in [5.41, 5.74) is 0. The van der Waals surface area contributed by atoms with Crippen LogP contribution in [0.5, 0.6) is 0 Å². The predicted octanol–water partition coefficient (Wildman–Crippen LogP) is 2.08. The number of nitrogens with zero attached hydrogens (tertiary/aromatic N) is 1. The van der Waals surface area contributed by atoms with Gasteiger partial charge in [0.05, 0.1) is 0 Å². The van der Waals surface area contributed by atoms with Gasteiger partial charge in [0.25, 0.3) is 0 Å².